The van der Waals surface area contributed by atoms with Gasteiger partial charge in [0.05, 0.1) is 18.4 Å². The number of thiophene rings is 1. The average molecular weight is 306 g/mol. The summed E-state index contributed by atoms with van der Waals surface area (Å²) in [6.45, 7) is 5.36. The summed E-state index contributed by atoms with van der Waals surface area (Å²) in [7, 11) is 0. The van der Waals surface area contributed by atoms with Gasteiger partial charge in [-0.2, -0.15) is 0 Å². The quantitative estimate of drug-likeness (QED) is 0.805. The number of fused-ring (bicyclic) bond motifs is 1. The van der Waals surface area contributed by atoms with Crippen LogP contribution in [0.1, 0.15) is 17.4 Å². The summed E-state index contributed by atoms with van der Waals surface area (Å²) in [5.41, 5.74) is 1.89. The Morgan fingerprint density at radius 1 is 1.40 bits per heavy atom. The van der Waals surface area contributed by atoms with E-state index < -0.39 is 0 Å². The van der Waals surface area contributed by atoms with E-state index in [1.54, 1.807) is 28.4 Å². The largest absolute Gasteiger partial charge is 0.362 e. The van der Waals surface area contributed by atoms with E-state index in [0.29, 0.717) is 6.54 Å². The van der Waals surface area contributed by atoms with Crippen molar-refractivity contribution >= 4 is 38.0 Å². The molecule has 0 bridgehead atoms. The molecule has 0 radical (unpaired) electrons. The Kier molecular flexibility index (Phi) is 3.54. The lowest BCUT2D eigenvalue weighted by Crippen LogP contribution is -2.19. The fourth-order valence-electron chi connectivity index (χ4n) is 1.95. The zero-order chi connectivity index (χ0) is 14.1. The highest BCUT2D eigenvalue weighted by molar-refractivity contribution is 7.17. The van der Waals surface area contributed by atoms with Gasteiger partial charge in [-0.05, 0) is 24.8 Å². The van der Waals surface area contributed by atoms with Crippen LogP contribution < -0.4 is 10.9 Å². The Bertz CT molecular complexity index is 802. The first-order valence-corrected chi connectivity index (χ1v) is 8.00. The summed E-state index contributed by atoms with van der Waals surface area (Å²) in [6, 6.07) is 0. The van der Waals surface area contributed by atoms with Crippen LogP contribution in [0.2, 0.25) is 0 Å². The van der Waals surface area contributed by atoms with E-state index in [1.165, 1.54) is 11.3 Å². The molecule has 104 valence electrons. The smallest absolute Gasteiger partial charge is 0.271 e. The summed E-state index contributed by atoms with van der Waals surface area (Å²) in [4.78, 5) is 22.1. The highest BCUT2D eigenvalue weighted by Gasteiger charge is 2.09. The molecule has 0 unspecified atom stereocenters. The van der Waals surface area contributed by atoms with Gasteiger partial charge < -0.3 is 5.32 Å². The molecule has 3 rings (SSSR count). The number of hydrogen-bond acceptors (Lipinski definition) is 6. The van der Waals surface area contributed by atoms with Crippen molar-refractivity contribution in [3.8, 4) is 0 Å². The van der Waals surface area contributed by atoms with Crippen molar-refractivity contribution in [1.82, 2.24) is 14.5 Å². The first-order chi connectivity index (χ1) is 9.69. The molecule has 0 aliphatic rings. The second-order valence-corrected chi connectivity index (χ2v) is 6.43. The number of aryl methyl sites for hydroxylation is 1. The molecule has 0 aromatic carbocycles. The summed E-state index contributed by atoms with van der Waals surface area (Å²) in [5.74, 6) is 0. The molecule has 0 amide bonds. The maximum atomic E-state index is 12.4. The molecular formula is C13H14N4OS2. The minimum Gasteiger partial charge on any atom is -0.362 e. The summed E-state index contributed by atoms with van der Waals surface area (Å²) in [5, 5.41) is 6.03. The van der Waals surface area contributed by atoms with E-state index >= 15 is 0 Å². The molecule has 0 aliphatic carbocycles. The third kappa shape index (κ3) is 2.34. The van der Waals surface area contributed by atoms with E-state index in [0.717, 1.165) is 32.3 Å². The van der Waals surface area contributed by atoms with E-state index in [-0.39, 0.29) is 5.56 Å². The molecule has 7 heteroatoms. The van der Waals surface area contributed by atoms with Gasteiger partial charge >= 0.3 is 0 Å². The van der Waals surface area contributed by atoms with Crippen molar-refractivity contribution < 1.29 is 0 Å². The minimum absolute atomic E-state index is 0.0199. The molecule has 0 saturated heterocycles. The van der Waals surface area contributed by atoms with Gasteiger partial charge in [0.1, 0.15) is 4.70 Å². The topological polar surface area (TPSA) is 59.8 Å². The molecule has 3 aromatic heterocycles. The Morgan fingerprint density at radius 2 is 2.25 bits per heavy atom. The van der Waals surface area contributed by atoms with Gasteiger partial charge in [0.25, 0.3) is 5.56 Å². The Balaban J connectivity index is 1.94. The molecule has 3 aromatic rings. The van der Waals surface area contributed by atoms with Crippen LogP contribution in [0.25, 0.3) is 10.2 Å². The second-order valence-electron chi connectivity index (χ2n) is 4.44. The van der Waals surface area contributed by atoms with E-state index in [4.69, 9.17) is 0 Å². The number of nitrogens with one attached hydrogen (secondary N) is 1. The van der Waals surface area contributed by atoms with E-state index in [1.807, 2.05) is 19.2 Å². The Hall–Kier alpha value is -1.73. The number of anilines is 1. The van der Waals surface area contributed by atoms with Gasteiger partial charge in [0.2, 0.25) is 0 Å². The van der Waals surface area contributed by atoms with Crippen LogP contribution in [-0.2, 0) is 6.54 Å². The maximum absolute atomic E-state index is 12.4. The SMILES string of the molecule is CCNc1ncc(Cn2cnc3c(C)csc3c2=O)s1. The predicted molar refractivity (Wildman–Crippen MR) is 84.0 cm³/mol. The standard InChI is InChI=1S/C13H14N4OS2/c1-3-14-13-15-4-9(20-13)5-17-7-16-10-8(2)6-19-11(10)12(17)18/h4,6-7H,3,5H2,1-2H3,(H,14,15). The normalized spacial score (nSPS) is 11.1. The van der Waals surface area contributed by atoms with Gasteiger partial charge in [-0.3, -0.25) is 9.36 Å². The van der Waals surface area contributed by atoms with Crippen LogP contribution in [-0.4, -0.2) is 21.1 Å². The van der Waals surface area contributed by atoms with Gasteiger partial charge in [-0.1, -0.05) is 0 Å². The molecule has 3 heterocycles. The summed E-state index contributed by atoms with van der Waals surface area (Å²) >= 11 is 3.02. The fraction of sp³-hybridized carbons (Fsp3) is 0.308. The molecular weight excluding hydrogens is 292 g/mol. The lowest BCUT2D eigenvalue weighted by atomic mass is 10.3. The molecule has 0 spiro atoms. The zero-order valence-corrected chi connectivity index (χ0v) is 12.8. The third-order valence-corrected chi connectivity index (χ3v) is 4.95. The van der Waals surface area contributed by atoms with Crippen LogP contribution in [0.4, 0.5) is 5.13 Å². The lowest BCUT2D eigenvalue weighted by molar-refractivity contribution is 0.758. The maximum Gasteiger partial charge on any atom is 0.271 e. The Labute approximate surface area is 123 Å². The van der Waals surface area contributed by atoms with Crippen molar-refractivity contribution in [2.24, 2.45) is 0 Å². The summed E-state index contributed by atoms with van der Waals surface area (Å²) in [6.07, 6.45) is 3.43. The molecule has 1 N–H and O–H groups in total. The zero-order valence-electron chi connectivity index (χ0n) is 11.2. The van der Waals surface area contributed by atoms with Crippen molar-refractivity contribution in [3.63, 3.8) is 0 Å². The van der Waals surface area contributed by atoms with Crippen molar-refractivity contribution in [3.05, 3.63) is 38.7 Å². The average Bonchev–Trinajstić information content (AvgIpc) is 3.02. The molecule has 0 aliphatic heterocycles. The third-order valence-electron chi connectivity index (χ3n) is 2.93. The molecule has 0 atom stereocenters. The highest BCUT2D eigenvalue weighted by atomic mass is 32.1. The lowest BCUT2D eigenvalue weighted by Gasteiger charge is -2.02. The van der Waals surface area contributed by atoms with E-state index in [9.17, 15) is 4.79 Å². The van der Waals surface area contributed by atoms with Crippen LogP contribution in [0.3, 0.4) is 0 Å². The summed E-state index contributed by atoms with van der Waals surface area (Å²) < 4.78 is 2.36. The van der Waals surface area contributed by atoms with Crippen LogP contribution >= 0.6 is 22.7 Å². The Morgan fingerprint density at radius 3 is 3.05 bits per heavy atom. The number of thiazole rings is 1. The molecule has 20 heavy (non-hydrogen) atoms. The van der Waals surface area contributed by atoms with Crippen LogP contribution in [0.15, 0.2) is 22.7 Å². The fourth-order valence-corrected chi connectivity index (χ4v) is 3.78. The minimum atomic E-state index is 0.0199. The monoisotopic (exact) mass is 306 g/mol. The van der Waals surface area contributed by atoms with Gasteiger partial charge in [-0.15, -0.1) is 22.7 Å². The second kappa shape index (κ2) is 5.34. The number of hydrogen-bond donors (Lipinski definition) is 1. The van der Waals surface area contributed by atoms with Gasteiger partial charge in [0.15, 0.2) is 5.13 Å². The number of nitrogens with zero attached hydrogens (tertiary/aromatic N) is 3. The first-order valence-electron chi connectivity index (χ1n) is 6.31. The number of rotatable bonds is 4. The van der Waals surface area contributed by atoms with Crippen molar-refractivity contribution in [2.75, 3.05) is 11.9 Å². The van der Waals surface area contributed by atoms with Crippen LogP contribution in [0.5, 0.6) is 0 Å². The molecule has 5 nitrogen and oxygen atoms in total. The van der Waals surface area contributed by atoms with Gasteiger partial charge in [0, 0.05) is 17.6 Å². The van der Waals surface area contributed by atoms with Crippen molar-refractivity contribution in [2.45, 2.75) is 20.4 Å². The first kappa shape index (κ1) is 13.3. The molecule has 0 fully saturated rings. The van der Waals surface area contributed by atoms with Gasteiger partial charge in [-0.25, -0.2) is 9.97 Å². The molecule has 0 saturated carbocycles. The predicted octanol–water partition coefficient (Wildman–Crippen LogP) is 2.70. The van der Waals surface area contributed by atoms with Crippen molar-refractivity contribution in [1.29, 1.82) is 0 Å². The van der Waals surface area contributed by atoms with E-state index in [2.05, 4.69) is 15.3 Å². The highest BCUT2D eigenvalue weighted by Crippen LogP contribution is 2.21. The number of aromatic nitrogens is 3. The van der Waals surface area contributed by atoms with Crippen LogP contribution in [0, 0.1) is 6.92 Å².